The summed E-state index contributed by atoms with van der Waals surface area (Å²) >= 11 is 3.23. The molecule has 0 aliphatic carbocycles. The van der Waals surface area contributed by atoms with Crippen LogP contribution in [0.25, 0.3) is 6.08 Å². The summed E-state index contributed by atoms with van der Waals surface area (Å²) in [7, 11) is 0. The van der Waals surface area contributed by atoms with E-state index in [1.165, 1.54) is 0 Å². The summed E-state index contributed by atoms with van der Waals surface area (Å²) in [6, 6.07) is 2.27. The molecule has 0 saturated heterocycles. The van der Waals surface area contributed by atoms with E-state index in [4.69, 9.17) is 0 Å². The molecule has 4 heteroatoms. The van der Waals surface area contributed by atoms with Crippen LogP contribution in [0.1, 0.15) is 22.3 Å². The molecule has 15 heavy (non-hydrogen) atoms. The number of aldehydes is 1. The molecule has 1 rings (SSSR count). The van der Waals surface area contributed by atoms with Crippen LogP contribution < -0.4 is 0 Å². The largest absolute Gasteiger partial charge is 0.298 e. The van der Waals surface area contributed by atoms with Gasteiger partial charge in [-0.3, -0.25) is 4.79 Å². The number of allylic oxidation sites excluding steroid dienone is 1. The predicted molar refractivity (Wildman–Crippen MR) is 59.2 cm³/mol. The lowest BCUT2D eigenvalue weighted by molar-refractivity contribution is 0.111. The number of carbonyl (C=O) groups is 1. The van der Waals surface area contributed by atoms with Gasteiger partial charge in [-0.15, -0.1) is 0 Å². The molecule has 0 N–H and O–H groups in total. The highest BCUT2D eigenvalue weighted by molar-refractivity contribution is 9.09. The normalized spacial score (nSPS) is 10.9. The van der Waals surface area contributed by atoms with Crippen molar-refractivity contribution in [3.05, 3.63) is 41.0 Å². The van der Waals surface area contributed by atoms with Crippen LogP contribution in [0, 0.1) is 11.6 Å². The number of hydrogen-bond donors (Lipinski definition) is 0. The summed E-state index contributed by atoms with van der Waals surface area (Å²) in [4.78, 5) is 10.3. The first-order valence-electron chi connectivity index (χ1n) is 4.35. The van der Waals surface area contributed by atoms with E-state index in [-0.39, 0.29) is 6.29 Å². The average molecular weight is 275 g/mol. The molecular weight excluding hydrogens is 266 g/mol. The molecule has 0 heterocycles. The molecule has 0 fully saturated rings. The lowest BCUT2D eigenvalue weighted by atomic mass is 10.1. The molecule has 1 aromatic carbocycles. The summed E-state index contributed by atoms with van der Waals surface area (Å²) in [6.07, 6.45) is 4.36. The predicted octanol–water partition coefficient (Wildman–Crippen LogP) is 3.58. The van der Waals surface area contributed by atoms with E-state index in [0.29, 0.717) is 5.56 Å². The van der Waals surface area contributed by atoms with Crippen molar-refractivity contribution in [1.29, 1.82) is 0 Å². The number of rotatable bonds is 4. The lowest BCUT2D eigenvalue weighted by Crippen LogP contribution is -1.94. The summed E-state index contributed by atoms with van der Waals surface area (Å²) in [5.41, 5.74) is -0.107. The van der Waals surface area contributed by atoms with Gasteiger partial charge in [-0.25, -0.2) is 8.78 Å². The third-order valence-electron chi connectivity index (χ3n) is 1.81. The minimum atomic E-state index is -0.830. The topological polar surface area (TPSA) is 17.1 Å². The maximum Gasteiger partial charge on any atom is 0.155 e. The molecule has 1 nitrogen and oxygen atoms in total. The second kappa shape index (κ2) is 5.75. The van der Waals surface area contributed by atoms with Gasteiger partial charge in [0.15, 0.2) is 6.29 Å². The highest BCUT2D eigenvalue weighted by Crippen LogP contribution is 2.15. The Morgan fingerprint density at radius 3 is 2.33 bits per heavy atom. The SMILES string of the molecule is O=Cc1c(F)cc(C=CCCBr)cc1F. The lowest BCUT2D eigenvalue weighted by Gasteiger charge is -1.99. The number of halogens is 3. The number of benzene rings is 1. The number of alkyl halides is 1. The van der Waals surface area contributed by atoms with Crippen molar-refractivity contribution < 1.29 is 13.6 Å². The summed E-state index contributed by atoms with van der Waals surface area (Å²) in [5.74, 6) is -1.66. The Labute approximate surface area is 94.9 Å². The fourth-order valence-electron chi connectivity index (χ4n) is 1.10. The molecule has 80 valence electrons. The van der Waals surface area contributed by atoms with E-state index in [0.717, 1.165) is 23.9 Å². The van der Waals surface area contributed by atoms with Crippen LogP contribution in [0.2, 0.25) is 0 Å². The first-order chi connectivity index (χ1) is 7.19. The van der Waals surface area contributed by atoms with Crippen LogP contribution in [0.4, 0.5) is 8.78 Å². The van der Waals surface area contributed by atoms with Crippen molar-refractivity contribution in [2.24, 2.45) is 0 Å². The van der Waals surface area contributed by atoms with Gasteiger partial charge >= 0.3 is 0 Å². The van der Waals surface area contributed by atoms with E-state index < -0.39 is 17.2 Å². The minimum absolute atomic E-state index is 0.177. The zero-order valence-electron chi connectivity index (χ0n) is 7.84. The van der Waals surface area contributed by atoms with E-state index in [1.54, 1.807) is 12.2 Å². The Bertz CT molecular complexity index is 365. The molecule has 0 amide bonds. The van der Waals surface area contributed by atoms with E-state index in [2.05, 4.69) is 15.9 Å². The van der Waals surface area contributed by atoms with Gasteiger partial charge in [0, 0.05) is 5.33 Å². The molecule has 0 saturated carbocycles. The second-order valence-corrected chi connectivity index (χ2v) is 3.69. The van der Waals surface area contributed by atoms with Crippen LogP contribution in [-0.4, -0.2) is 11.6 Å². The van der Waals surface area contributed by atoms with Crippen molar-refractivity contribution in [1.82, 2.24) is 0 Å². The van der Waals surface area contributed by atoms with Crippen molar-refractivity contribution in [3.63, 3.8) is 0 Å². The molecule has 0 aliphatic heterocycles. The monoisotopic (exact) mass is 274 g/mol. The quantitative estimate of drug-likeness (QED) is 0.606. The Morgan fingerprint density at radius 1 is 1.27 bits per heavy atom. The Balaban J connectivity index is 2.98. The van der Waals surface area contributed by atoms with Gasteiger partial charge in [-0.1, -0.05) is 28.1 Å². The maximum absolute atomic E-state index is 13.1. The first kappa shape index (κ1) is 12.0. The van der Waals surface area contributed by atoms with Gasteiger partial charge in [0.1, 0.15) is 11.6 Å². The van der Waals surface area contributed by atoms with Crippen molar-refractivity contribution in [2.75, 3.05) is 5.33 Å². The molecule has 0 unspecified atom stereocenters. The van der Waals surface area contributed by atoms with E-state index >= 15 is 0 Å². The van der Waals surface area contributed by atoms with Crippen LogP contribution >= 0.6 is 15.9 Å². The van der Waals surface area contributed by atoms with Crippen LogP contribution in [-0.2, 0) is 0 Å². The van der Waals surface area contributed by atoms with Gasteiger partial charge in [0.25, 0.3) is 0 Å². The van der Waals surface area contributed by atoms with Crippen molar-refractivity contribution in [2.45, 2.75) is 6.42 Å². The third-order valence-corrected chi connectivity index (χ3v) is 2.26. The first-order valence-corrected chi connectivity index (χ1v) is 5.48. The molecule has 0 spiro atoms. The third kappa shape index (κ3) is 3.23. The zero-order chi connectivity index (χ0) is 11.3. The number of carbonyl (C=O) groups excluding carboxylic acids is 1. The maximum atomic E-state index is 13.1. The van der Waals surface area contributed by atoms with Crippen LogP contribution in [0.3, 0.4) is 0 Å². The molecule has 0 aliphatic rings. The zero-order valence-corrected chi connectivity index (χ0v) is 9.43. The summed E-state index contributed by atoms with van der Waals surface area (Å²) in [6.45, 7) is 0. The summed E-state index contributed by atoms with van der Waals surface area (Å²) < 4.78 is 26.2. The second-order valence-electron chi connectivity index (χ2n) is 2.90. The molecular formula is C11H9BrF2O. The molecule has 0 aromatic heterocycles. The average Bonchev–Trinajstić information content (AvgIpc) is 2.18. The van der Waals surface area contributed by atoms with Gasteiger partial charge in [0.05, 0.1) is 5.56 Å². The van der Waals surface area contributed by atoms with E-state index in [9.17, 15) is 13.6 Å². The van der Waals surface area contributed by atoms with Crippen LogP contribution in [0.15, 0.2) is 18.2 Å². The Morgan fingerprint density at radius 2 is 1.87 bits per heavy atom. The fourth-order valence-corrected chi connectivity index (χ4v) is 1.36. The summed E-state index contributed by atoms with van der Waals surface area (Å²) in [5, 5.41) is 0.793. The Kier molecular flexibility index (Phi) is 4.62. The molecule has 0 atom stereocenters. The fraction of sp³-hybridized carbons (Fsp3) is 0.182. The highest BCUT2D eigenvalue weighted by atomic mass is 79.9. The van der Waals surface area contributed by atoms with Crippen molar-refractivity contribution in [3.8, 4) is 0 Å². The smallest absolute Gasteiger partial charge is 0.155 e. The van der Waals surface area contributed by atoms with Gasteiger partial charge in [-0.05, 0) is 24.1 Å². The number of hydrogen-bond acceptors (Lipinski definition) is 1. The van der Waals surface area contributed by atoms with Crippen LogP contribution in [0.5, 0.6) is 0 Å². The van der Waals surface area contributed by atoms with E-state index in [1.807, 2.05) is 0 Å². The van der Waals surface area contributed by atoms with Crippen molar-refractivity contribution >= 4 is 28.3 Å². The molecule has 0 bridgehead atoms. The van der Waals surface area contributed by atoms with Gasteiger partial charge < -0.3 is 0 Å². The minimum Gasteiger partial charge on any atom is -0.298 e. The molecule has 0 radical (unpaired) electrons. The molecule has 1 aromatic rings. The van der Waals surface area contributed by atoms with Gasteiger partial charge in [0.2, 0.25) is 0 Å². The Hall–Kier alpha value is -1.03. The van der Waals surface area contributed by atoms with Gasteiger partial charge in [-0.2, -0.15) is 0 Å². The standard InChI is InChI=1S/C11H9BrF2O/c12-4-2-1-3-8-5-10(13)9(7-15)11(14)6-8/h1,3,5-7H,2,4H2. The highest BCUT2D eigenvalue weighted by Gasteiger charge is 2.08.